The van der Waals surface area contributed by atoms with Gasteiger partial charge in [0.1, 0.15) is 12.3 Å². The Bertz CT molecular complexity index is 984. The van der Waals surface area contributed by atoms with Crippen molar-refractivity contribution >= 4 is 34.6 Å². The van der Waals surface area contributed by atoms with Gasteiger partial charge in [0.05, 0.1) is 0 Å². The van der Waals surface area contributed by atoms with Crippen LogP contribution in [0.25, 0.3) is 0 Å². The number of anilines is 1. The highest BCUT2D eigenvalue weighted by atomic mass is 35.5. The Morgan fingerprint density at radius 2 is 1.39 bits per heavy atom. The first-order chi connectivity index (χ1) is 15.2. The van der Waals surface area contributed by atoms with Gasteiger partial charge in [0.25, 0.3) is 0 Å². The quantitative estimate of drug-likeness (QED) is 0.337. The summed E-state index contributed by atoms with van der Waals surface area (Å²) in [5.41, 5.74) is 4.28. The second-order valence-electron chi connectivity index (χ2n) is 7.54. The van der Waals surface area contributed by atoms with Gasteiger partial charge in [-0.05, 0) is 42.0 Å². The van der Waals surface area contributed by atoms with Crippen molar-refractivity contribution in [2.24, 2.45) is 5.16 Å². The lowest BCUT2D eigenvalue weighted by Gasteiger charge is -2.36. The zero-order valence-electron chi connectivity index (χ0n) is 17.3. The molecule has 1 heterocycles. The molecule has 0 amide bonds. The molecule has 3 aromatic carbocycles. The van der Waals surface area contributed by atoms with Crippen LogP contribution in [0.15, 0.2) is 84.0 Å². The summed E-state index contributed by atoms with van der Waals surface area (Å²) in [6.45, 7) is 5.03. The number of oxime groups is 1. The molecule has 0 aromatic heterocycles. The summed E-state index contributed by atoms with van der Waals surface area (Å²) in [5.74, 6) is 0. The predicted octanol–water partition coefficient (Wildman–Crippen LogP) is 5.74. The van der Waals surface area contributed by atoms with E-state index in [1.54, 1.807) is 0 Å². The van der Waals surface area contributed by atoms with Crippen LogP contribution in [0.1, 0.15) is 11.1 Å². The average molecular weight is 454 g/mol. The van der Waals surface area contributed by atoms with Crippen LogP contribution in [0, 0.1) is 0 Å². The highest BCUT2D eigenvalue weighted by Crippen LogP contribution is 2.20. The van der Waals surface area contributed by atoms with E-state index in [1.165, 1.54) is 5.69 Å². The van der Waals surface area contributed by atoms with Crippen molar-refractivity contribution in [2.75, 3.05) is 37.6 Å². The number of piperazine rings is 1. The first-order valence-electron chi connectivity index (χ1n) is 10.4. The molecule has 0 bridgehead atoms. The molecule has 4 rings (SSSR count). The summed E-state index contributed by atoms with van der Waals surface area (Å²) in [5, 5.41) is 5.99. The van der Waals surface area contributed by atoms with Crippen molar-refractivity contribution in [3.8, 4) is 0 Å². The largest absolute Gasteiger partial charge is 0.391 e. The molecule has 3 aromatic rings. The maximum atomic E-state index is 6.02. The predicted molar refractivity (Wildman–Crippen MR) is 129 cm³/mol. The first-order valence-corrected chi connectivity index (χ1v) is 11.1. The molecule has 6 heteroatoms. The van der Waals surface area contributed by atoms with Crippen LogP contribution in [-0.2, 0) is 11.4 Å². The van der Waals surface area contributed by atoms with E-state index in [4.69, 9.17) is 28.0 Å². The third-order valence-electron chi connectivity index (χ3n) is 5.36. The number of rotatable bonds is 7. The molecule has 31 heavy (non-hydrogen) atoms. The van der Waals surface area contributed by atoms with Crippen molar-refractivity contribution in [1.29, 1.82) is 0 Å². The minimum Gasteiger partial charge on any atom is -0.391 e. The fraction of sp³-hybridized carbons (Fsp3) is 0.240. The van der Waals surface area contributed by atoms with Gasteiger partial charge in [0, 0.05) is 54.0 Å². The molecular formula is C25H25Cl2N3O. The minimum atomic E-state index is 0.415. The Labute approximate surface area is 193 Å². The van der Waals surface area contributed by atoms with Crippen LogP contribution in [0.3, 0.4) is 0 Å². The van der Waals surface area contributed by atoms with Crippen LogP contribution in [0.4, 0.5) is 5.69 Å². The van der Waals surface area contributed by atoms with Crippen LogP contribution >= 0.6 is 23.2 Å². The first kappa shape index (κ1) is 21.7. The number of hydrogen-bond donors (Lipinski definition) is 0. The lowest BCUT2D eigenvalue weighted by molar-refractivity contribution is 0.129. The number of nitrogens with zero attached hydrogens (tertiary/aromatic N) is 3. The summed E-state index contributed by atoms with van der Waals surface area (Å²) < 4.78 is 0. The number of halogens is 2. The van der Waals surface area contributed by atoms with Crippen molar-refractivity contribution in [3.05, 3.63) is 100 Å². The Balaban J connectivity index is 1.38. The molecule has 0 atom stereocenters. The van der Waals surface area contributed by atoms with Gasteiger partial charge in [-0.25, -0.2) is 0 Å². The van der Waals surface area contributed by atoms with Gasteiger partial charge in [-0.1, -0.05) is 70.8 Å². The monoisotopic (exact) mass is 453 g/mol. The normalized spacial score (nSPS) is 15.2. The standard InChI is InChI=1S/C25H25Cl2N3O/c26-22-8-6-20(7-9-22)19-31-28-25(21-4-2-1-3-5-21)18-29-14-16-30(17-15-29)24-12-10-23(27)11-13-24/h1-13H,14-19H2/b28-25+. The topological polar surface area (TPSA) is 28.1 Å². The molecule has 0 N–H and O–H groups in total. The van der Waals surface area contributed by atoms with Gasteiger partial charge in [-0.3, -0.25) is 4.90 Å². The van der Waals surface area contributed by atoms with Crippen molar-refractivity contribution in [2.45, 2.75) is 6.61 Å². The zero-order chi connectivity index (χ0) is 21.5. The van der Waals surface area contributed by atoms with Gasteiger partial charge in [-0.2, -0.15) is 0 Å². The number of benzene rings is 3. The van der Waals surface area contributed by atoms with Gasteiger partial charge < -0.3 is 9.74 Å². The fourth-order valence-corrected chi connectivity index (χ4v) is 3.85. The lowest BCUT2D eigenvalue weighted by atomic mass is 10.1. The molecular weight excluding hydrogens is 429 g/mol. The molecule has 1 aliphatic heterocycles. The Morgan fingerprint density at radius 3 is 2.03 bits per heavy atom. The highest BCUT2D eigenvalue weighted by Gasteiger charge is 2.19. The molecule has 0 saturated carbocycles. The van der Waals surface area contributed by atoms with E-state index in [1.807, 2.05) is 54.6 Å². The van der Waals surface area contributed by atoms with E-state index >= 15 is 0 Å². The smallest absolute Gasteiger partial charge is 0.142 e. The summed E-state index contributed by atoms with van der Waals surface area (Å²) >= 11 is 12.0. The number of hydrogen-bond acceptors (Lipinski definition) is 4. The molecule has 1 saturated heterocycles. The minimum absolute atomic E-state index is 0.415. The van der Waals surface area contributed by atoms with Gasteiger partial charge in [-0.15, -0.1) is 0 Å². The van der Waals surface area contributed by atoms with Crippen molar-refractivity contribution in [1.82, 2.24) is 4.90 Å². The maximum absolute atomic E-state index is 6.02. The van der Waals surface area contributed by atoms with E-state index in [0.717, 1.165) is 59.6 Å². The van der Waals surface area contributed by atoms with Crippen LogP contribution in [-0.4, -0.2) is 43.3 Å². The third-order valence-corrected chi connectivity index (χ3v) is 5.87. The molecule has 0 aliphatic carbocycles. The Kier molecular flexibility index (Phi) is 7.47. The second-order valence-corrected chi connectivity index (χ2v) is 8.42. The SMILES string of the molecule is Clc1ccc(CO/N=C(\CN2CCN(c3ccc(Cl)cc3)CC2)c2ccccc2)cc1. The van der Waals surface area contributed by atoms with Crippen LogP contribution < -0.4 is 4.90 Å². The molecule has 160 valence electrons. The fourth-order valence-electron chi connectivity index (χ4n) is 3.60. The van der Waals surface area contributed by atoms with Crippen LogP contribution in [0.2, 0.25) is 10.0 Å². The van der Waals surface area contributed by atoms with Crippen molar-refractivity contribution < 1.29 is 4.84 Å². The molecule has 0 spiro atoms. The van der Waals surface area contributed by atoms with E-state index in [2.05, 4.69) is 39.2 Å². The maximum Gasteiger partial charge on any atom is 0.142 e. The molecule has 4 nitrogen and oxygen atoms in total. The summed E-state index contributed by atoms with van der Waals surface area (Å²) in [6.07, 6.45) is 0. The lowest BCUT2D eigenvalue weighted by Crippen LogP contribution is -2.48. The third kappa shape index (κ3) is 6.23. The molecule has 0 unspecified atom stereocenters. The zero-order valence-corrected chi connectivity index (χ0v) is 18.8. The van der Waals surface area contributed by atoms with Gasteiger partial charge in [0.2, 0.25) is 0 Å². The highest BCUT2D eigenvalue weighted by molar-refractivity contribution is 6.30. The van der Waals surface area contributed by atoms with Crippen LogP contribution in [0.5, 0.6) is 0 Å². The second kappa shape index (κ2) is 10.7. The van der Waals surface area contributed by atoms with E-state index in [0.29, 0.717) is 6.61 Å². The summed E-state index contributed by atoms with van der Waals surface area (Å²) in [7, 11) is 0. The van der Waals surface area contributed by atoms with E-state index in [9.17, 15) is 0 Å². The molecule has 1 fully saturated rings. The van der Waals surface area contributed by atoms with E-state index < -0.39 is 0 Å². The molecule has 0 radical (unpaired) electrons. The average Bonchev–Trinajstić information content (AvgIpc) is 2.81. The van der Waals surface area contributed by atoms with Crippen molar-refractivity contribution in [3.63, 3.8) is 0 Å². The van der Waals surface area contributed by atoms with Gasteiger partial charge in [0.15, 0.2) is 0 Å². The Morgan fingerprint density at radius 1 is 0.774 bits per heavy atom. The Hall–Kier alpha value is -2.53. The summed E-state index contributed by atoms with van der Waals surface area (Å²) in [4.78, 5) is 10.5. The van der Waals surface area contributed by atoms with E-state index in [-0.39, 0.29) is 0 Å². The molecule has 1 aliphatic rings. The van der Waals surface area contributed by atoms with Gasteiger partial charge >= 0.3 is 0 Å². The summed E-state index contributed by atoms with van der Waals surface area (Å²) in [6, 6.07) is 25.9.